The average Bonchev–Trinajstić information content (AvgIpc) is 2.13. The van der Waals surface area contributed by atoms with Gasteiger partial charge in [0.05, 0.1) is 0 Å². The van der Waals surface area contributed by atoms with Crippen LogP contribution in [-0.2, 0) is 9.59 Å². The van der Waals surface area contributed by atoms with Crippen LogP contribution in [0.1, 0.15) is 5.56 Å². The Labute approximate surface area is 86.0 Å². The Bertz CT molecular complexity index is 422. The molecule has 1 rings (SSSR count). The van der Waals surface area contributed by atoms with Crippen molar-refractivity contribution in [1.29, 1.82) is 0 Å². The summed E-state index contributed by atoms with van der Waals surface area (Å²) < 4.78 is 0. The summed E-state index contributed by atoms with van der Waals surface area (Å²) in [4.78, 5) is 21.6. The van der Waals surface area contributed by atoms with Gasteiger partial charge < -0.3 is 16.6 Å². The van der Waals surface area contributed by atoms with Crippen molar-refractivity contribution in [2.45, 2.75) is 0 Å². The SMILES string of the molecule is NC(=O)C(=Cc1cccc(O)c1)C(N)=O. The van der Waals surface area contributed by atoms with Crippen LogP contribution in [0.4, 0.5) is 0 Å². The Hall–Kier alpha value is -2.30. The lowest BCUT2D eigenvalue weighted by Crippen LogP contribution is -2.25. The van der Waals surface area contributed by atoms with Gasteiger partial charge in [0, 0.05) is 0 Å². The number of rotatable bonds is 3. The highest BCUT2D eigenvalue weighted by Gasteiger charge is 2.11. The Morgan fingerprint density at radius 3 is 2.27 bits per heavy atom. The highest BCUT2D eigenvalue weighted by atomic mass is 16.3. The fourth-order valence-electron chi connectivity index (χ4n) is 1.04. The zero-order valence-electron chi connectivity index (χ0n) is 7.81. The average molecular weight is 206 g/mol. The van der Waals surface area contributed by atoms with Gasteiger partial charge in [-0.2, -0.15) is 0 Å². The molecule has 0 aliphatic carbocycles. The molecule has 5 heteroatoms. The first-order valence-electron chi connectivity index (χ1n) is 4.11. The first kappa shape index (κ1) is 10.8. The zero-order chi connectivity index (χ0) is 11.4. The van der Waals surface area contributed by atoms with Crippen LogP contribution in [0, 0.1) is 0 Å². The highest BCUT2D eigenvalue weighted by molar-refractivity contribution is 6.20. The third-order valence-electron chi connectivity index (χ3n) is 1.71. The van der Waals surface area contributed by atoms with Crippen LogP contribution in [0.3, 0.4) is 0 Å². The maximum Gasteiger partial charge on any atom is 0.254 e. The summed E-state index contributed by atoms with van der Waals surface area (Å²) in [6.07, 6.45) is 1.23. The van der Waals surface area contributed by atoms with E-state index in [0.29, 0.717) is 5.56 Å². The molecule has 0 aliphatic rings. The van der Waals surface area contributed by atoms with Gasteiger partial charge in [0.2, 0.25) is 0 Å². The van der Waals surface area contributed by atoms with Crippen molar-refractivity contribution in [2.24, 2.45) is 11.5 Å². The van der Waals surface area contributed by atoms with Crippen molar-refractivity contribution in [2.75, 3.05) is 0 Å². The van der Waals surface area contributed by atoms with E-state index in [0.717, 1.165) is 0 Å². The Morgan fingerprint density at radius 2 is 1.80 bits per heavy atom. The van der Waals surface area contributed by atoms with Crippen LogP contribution in [0.5, 0.6) is 5.75 Å². The number of aromatic hydroxyl groups is 1. The molecule has 5 N–H and O–H groups in total. The topological polar surface area (TPSA) is 106 Å². The van der Waals surface area contributed by atoms with Gasteiger partial charge in [-0.15, -0.1) is 0 Å². The lowest BCUT2D eigenvalue weighted by molar-refractivity contribution is -0.120. The number of nitrogens with two attached hydrogens (primary N) is 2. The van der Waals surface area contributed by atoms with Crippen molar-refractivity contribution in [3.05, 3.63) is 35.4 Å². The number of phenols is 1. The molecule has 0 aromatic heterocycles. The van der Waals surface area contributed by atoms with Gasteiger partial charge in [-0.1, -0.05) is 12.1 Å². The predicted octanol–water partition coefficient (Wildman–Crippen LogP) is -0.254. The maximum absolute atomic E-state index is 10.8. The van der Waals surface area contributed by atoms with Gasteiger partial charge in [0.15, 0.2) is 0 Å². The van der Waals surface area contributed by atoms with Crippen LogP contribution in [-0.4, -0.2) is 16.9 Å². The smallest absolute Gasteiger partial charge is 0.254 e. The number of hydrogen-bond donors (Lipinski definition) is 3. The molecule has 0 saturated carbocycles. The molecule has 0 radical (unpaired) electrons. The normalized spacial score (nSPS) is 9.33. The summed E-state index contributed by atoms with van der Waals surface area (Å²) in [7, 11) is 0. The van der Waals surface area contributed by atoms with Gasteiger partial charge in [0.25, 0.3) is 11.8 Å². The molecular formula is C10H10N2O3. The molecule has 0 bridgehead atoms. The Kier molecular flexibility index (Phi) is 3.07. The van der Waals surface area contributed by atoms with E-state index in [1.165, 1.54) is 18.2 Å². The minimum atomic E-state index is -0.897. The van der Waals surface area contributed by atoms with E-state index in [2.05, 4.69) is 0 Å². The minimum absolute atomic E-state index is 0.0250. The van der Waals surface area contributed by atoms with Crippen LogP contribution in [0.15, 0.2) is 29.8 Å². The molecule has 0 heterocycles. The maximum atomic E-state index is 10.8. The van der Waals surface area contributed by atoms with Crippen molar-refractivity contribution in [3.8, 4) is 5.75 Å². The molecular weight excluding hydrogens is 196 g/mol. The quantitative estimate of drug-likeness (QED) is 0.360. The second-order valence-corrected chi connectivity index (χ2v) is 2.88. The fourth-order valence-corrected chi connectivity index (χ4v) is 1.04. The standard InChI is InChI=1S/C10H10N2O3/c11-9(14)8(10(12)15)5-6-2-1-3-7(13)4-6/h1-5,13H,(H2,11,14)(H2,12,15). The van der Waals surface area contributed by atoms with E-state index in [1.807, 2.05) is 0 Å². The number of hydrogen-bond acceptors (Lipinski definition) is 3. The van der Waals surface area contributed by atoms with Crippen molar-refractivity contribution in [1.82, 2.24) is 0 Å². The van der Waals surface area contributed by atoms with Gasteiger partial charge in [-0.25, -0.2) is 0 Å². The number of carbonyl (C=O) groups excluding carboxylic acids is 2. The first-order chi connectivity index (χ1) is 7.00. The van der Waals surface area contributed by atoms with Gasteiger partial charge >= 0.3 is 0 Å². The lowest BCUT2D eigenvalue weighted by atomic mass is 10.1. The number of carbonyl (C=O) groups is 2. The predicted molar refractivity (Wildman–Crippen MR) is 54.5 cm³/mol. The molecule has 15 heavy (non-hydrogen) atoms. The molecule has 0 spiro atoms. The van der Waals surface area contributed by atoms with E-state index in [-0.39, 0.29) is 11.3 Å². The second kappa shape index (κ2) is 4.28. The van der Waals surface area contributed by atoms with Gasteiger partial charge in [-0.3, -0.25) is 9.59 Å². The summed E-state index contributed by atoms with van der Waals surface area (Å²) >= 11 is 0. The molecule has 0 fully saturated rings. The molecule has 0 unspecified atom stereocenters. The second-order valence-electron chi connectivity index (χ2n) is 2.88. The molecule has 0 atom stereocenters. The third kappa shape index (κ3) is 2.84. The monoisotopic (exact) mass is 206 g/mol. The summed E-state index contributed by atoms with van der Waals surface area (Å²) in [5.74, 6) is -1.77. The number of benzene rings is 1. The number of phenolic OH excluding ortho intramolecular Hbond substituents is 1. The van der Waals surface area contributed by atoms with Gasteiger partial charge in [-0.05, 0) is 23.8 Å². The minimum Gasteiger partial charge on any atom is -0.508 e. The number of primary amides is 2. The summed E-state index contributed by atoms with van der Waals surface area (Å²) in [6.45, 7) is 0. The molecule has 5 nitrogen and oxygen atoms in total. The van der Waals surface area contributed by atoms with Crippen LogP contribution < -0.4 is 11.5 Å². The van der Waals surface area contributed by atoms with Gasteiger partial charge in [0.1, 0.15) is 11.3 Å². The highest BCUT2D eigenvalue weighted by Crippen LogP contribution is 2.13. The molecule has 1 aromatic rings. The molecule has 1 aromatic carbocycles. The molecule has 0 aliphatic heterocycles. The third-order valence-corrected chi connectivity index (χ3v) is 1.71. The number of amides is 2. The van der Waals surface area contributed by atoms with Crippen molar-refractivity contribution in [3.63, 3.8) is 0 Å². The summed E-state index contributed by atoms with van der Waals surface area (Å²) in [5.41, 5.74) is 10.1. The van der Waals surface area contributed by atoms with E-state index in [9.17, 15) is 9.59 Å². The molecule has 2 amide bonds. The van der Waals surface area contributed by atoms with E-state index >= 15 is 0 Å². The Balaban J connectivity index is 3.13. The lowest BCUT2D eigenvalue weighted by Gasteiger charge is -1.99. The molecule has 0 saturated heterocycles. The van der Waals surface area contributed by atoms with E-state index in [4.69, 9.17) is 16.6 Å². The van der Waals surface area contributed by atoms with Crippen molar-refractivity contribution < 1.29 is 14.7 Å². The van der Waals surface area contributed by atoms with Crippen molar-refractivity contribution >= 4 is 17.9 Å². The molecule has 78 valence electrons. The van der Waals surface area contributed by atoms with Crippen LogP contribution in [0.2, 0.25) is 0 Å². The Morgan fingerprint density at radius 1 is 1.20 bits per heavy atom. The van der Waals surface area contributed by atoms with E-state index < -0.39 is 11.8 Å². The summed E-state index contributed by atoms with van der Waals surface area (Å²) in [6, 6.07) is 6.02. The fraction of sp³-hybridized carbons (Fsp3) is 0. The first-order valence-corrected chi connectivity index (χ1v) is 4.11. The largest absolute Gasteiger partial charge is 0.508 e. The summed E-state index contributed by atoms with van der Waals surface area (Å²) in [5, 5.41) is 9.14. The van der Waals surface area contributed by atoms with Crippen LogP contribution >= 0.6 is 0 Å². The van der Waals surface area contributed by atoms with Crippen LogP contribution in [0.25, 0.3) is 6.08 Å². The van der Waals surface area contributed by atoms with E-state index in [1.54, 1.807) is 12.1 Å². The zero-order valence-corrected chi connectivity index (χ0v) is 7.81.